The van der Waals surface area contributed by atoms with E-state index in [1.165, 1.54) is 24.6 Å². The highest BCUT2D eigenvalue weighted by atomic mass is 32.2. The molecule has 0 saturated heterocycles. The van der Waals surface area contributed by atoms with Gasteiger partial charge in [0.1, 0.15) is 0 Å². The van der Waals surface area contributed by atoms with Gasteiger partial charge in [-0.05, 0) is 37.1 Å². The van der Waals surface area contributed by atoms with E-state index in [1.807, 2.05) is 24.3 Å². The van der Waals surface area contributed by atoms with Crippen molar-refractivity contribution >= 4 is 23.3 Å². The van der Waals surface area contributed by atoms with Crippen LogP contribution in [0.25, 0.3) is 16.9 Å². The summed E-state index contributed by atoms with van der Waals surface area (Å²) in [5.41, 5.74) is 2.37. The van der Waals surface area contributed by atoms with E-state index in [0.717, 1.165) is 24.1 Å². The minimum absolute atomic E-state index is 0.0389. The van der Waals surface area contributed by atoms with Crippen LogP contribution in [0, 0.1) is 0 Å². The van der Waals surface area contributed by atoms with Crippen molar-refractivity contribution in [2.75, 3.05) is 5.75 Å². The van der Waals surface area contributed by atoms with Crippen LogP contribution >= 0.6 is 11.8 Å². The topological polar surface area (TPSA) is 85.1 Å². The Balaban J connectivity index is 1.48. The minimum atomic E-state index is 0.0389. The number of nitrogens with one attached hydrogen (secondary N) is 1. The first kappa shape index (κ1) is 16.0. The molecule has 0 radical (unpaired) electrons. The van der Waals surface area contributed by atoms with Crippen molar-refractivity contribution in [2.45, 2.75) is 36.9 Å². The number of aromatic nitrogens is 5. The lowest BCUT2D eigenvalue weighted by Crippen LogP contribution is -2.33. The number of amides is 1. The number of pyridine rings is 1. The molecule has 1 amide bonds. The van der Waals surface area contributed by atoms with Gasteiger partial charge < -0.3 is 5.32 Å². The van der Waals surface area contributed by atoms with Crippen LogP contribution in [0.4, 0.5) is 0 Å². The van der Waals surface area contributed by atoms with Crippen LogP contribution in [-0.2, 0) is 4.79 Å². The third-order valence-electron chi connectivity index (χ3n) is 4.24. The summed E-state index contributed by atoms with van der Waals surface area (Å²) in [6, 6.07) is 7.91. The van der Waals surface area contributed by atoms with Crippen molar-refractivity contribution in [3.8, 4) is 11.3 Å². The maximum Gasteiger partial charge on any atom is 0.230 e. The number of carbonyl (C=O) groups is 1. The predicted octanol–water partition coefficient (Wildman–Crippen LogP) is 2.34. The van der Waals surface area contributed by atoms with Gasteiger partial charge in [0.15, 0.2) is 5.65 Å². The summed E-state index contributed by atoms with van der Waals surface area (Å²) in [6.07, 6.45) is 8.06. The first-order chi connectivity index (χ1) is 12.3. The Morgan fingerprint density at radius 2 is 2.12 bits per heavy atom. The van der Waals surface area contributed by atoms with Gasteiger partial charge in [0, 0.05) is 24.0 Å². The minimum Gasteiger partial charge on any atom is -0.353 e. The second-order valence-corrected chi connectivity index (χ2v) is 6.99. The number of thioether (sulfide) groups is 1. The normalized spacial score (nSPS) is 14.9. The van der Waals surface area contributed by atoms with E-state index in [2.05, 4.69) is 25.6 Å². The molecule has 0 bridgehead atoms. The fraction of sp³-hybridized carbons (Fsp3) is 0.353. The summed E-state index contributed by atoms with van der Waals surface area (Å²) in [5, 5.41) is 16.5. The molecule has 1 aliphatic rings. The molecule has 0 atom stereocenters. The van der Waals surface area contributed by atoms with Gasteiger partial charge >= 0.3 is 0 Å². The van der Waals surface area contributed by atoms with Crippen LogP contribution in [-0.4, -0.2) is 42.5 Å². The first-order valence-electron chi connectivity index (χ1n) is 8.34. The monoisotopic (exact) mass is 354 g/mol. The number of carbonyl (C=O) groups excluding carboxylic acids is 1. The zero-order chi connectivity index (χ0) is 17.1. The van der Waals surface area contributed by atoms with Gasteiger partial charge in [0.25, 0.3) is 0 Å². The van der Waals surface area contributed by atoms with E-state index >= 15 is 0 Å². The zero-order valence-electron chi connectivity index (χ0n) is 13.6. The lowest BCUT2D eigenvalue weighted by atomic mass is 10.2. The SMILES string of the molecule is O=C(CSc1nnc2ccc(-c3cccnc3)nn12)NC1CCCC1. The summed E-state index contributed by atoms with van der Waals surface area (Å²) >= 11 is 1.35. The number of hydrogen-bond donors (Lipinski definition) is 1. The first-order valence-corrected chi connectivity index (χ1v) is 9.33. The molecule has 3 aromatic rings. The standard InChI is InChI=1S/C17H18N6OS/c24-16(19-13-5-1-2-6-13)11-25-17-21-20-15-8-7-14(22-23(15)17)12-4-3-9-18-10-12/h3-4,7-10,13H,1-2,5-6,11H2,(H,19,24). The van der Waals surface area contributed by atoms with Crippen LogP contribution in [0.2, 0.25) is 0 Å². The highest BCUT2D eigenvalue weighted by Crippen LogP contribution is 2.21. The van der Waals surface area contributed by atoms with E-state index in [4.69, 9.17) is 0 Å². The van der Waals surface area contributed by atoms with Crippen LogP contribution < -0.4 is 5.32 Å². The second-order valence-electron chi connectivity index (χ2n) is 6.05. The van der Waals surface area contributed by atoms with Crippen LogP contribution in [0.3, 0.4) is 0 Å². The predicted molar refractivity (Wildman–Crippen MR) is 95.1 cm³/mol. The molecule has 1 N–H and O–H groups in total. The average Bonchev–Trinajstić information content (AvgIpc) is 3.30. The van der Waals surface area contributed by atoms with Crippen LogP contribution in [0.15, 0.2) is 41.8 Å². The molecule has 0 aliphatic heterocycles. The van der Waals surface area contributed by atoms with Crippen molar-refractivity contribution in [3.05, 3.63) is 36.7 Å². The molecular formula is C17H18N6OS. The fourth-order valence-electron chi connectivity index (χ4n) is 3.00. The molecule has 0 aromatic carbocycles. The van der Waals surface area contributed by atoms with Crippen molar-refractivity contribution in [3.63, 3.8) is 0 Å². The average molecular weight is 354 g/mol. The van der Waals surface area contributed by atoms with E-state index < -0.39 is 0 Å². The van der Waals surface area contributed by atoms with Gasteiger partial charge in [-0.25, -0.2) is 0 Å². The summed E-state index contributed by atoms with van der Waals surface area (Å²) in [4.78, 5) is 16.2. The summed E-state index contributed by atoms with van der Waals surface area (Å²) in [6.45, 7) is 0. The molecule has 0 unspecified atom stereocenters. The summed E-state index contributed by atoms with van der Waals surface area (Å²) in [7, 11) is 0. The molecule has 4 rings (SSSR count). The highest BCUT2D eigenvalue weighted by molar-refractivity contribution is 7.99. The van der Waals surface area contributed by atoms with Crippen molar-refractivity contribution in [2.24, 2.45) is 0 Å². The van der Waals surface area contributed by atoms with Crippen molar-refractivity contribution in [1.29, 1.82) is 0 Å². The van der Waals surface area contributed by atoms with Gasteiger partial charge in [-0.15, -0.1) is 10.2 Å². The van der Waals surface area contributed by atoms with E-state index in [-0.39, 0.29) is 5.91 Å². The molecule has 3 heterocycles. The van der Waals surface area contributed by atoms with Gasteiger partial charge in [0.05, 0.1) is 11.4 Å². The molecule has 1 aliphatic carbocycles. The summed E-state index contributed by atoms with van der Waals surface area (Å²) < 4.78 is 1.68. The third kappa shape index (κ3) is 3.63. The lowest BCUT2D eigenvalue weighted by Gasteiger charge is -2.10. The van der Waals surface area contributed by atoms with E-state index in [9.17, 15) is 4.79 Å². The summed E-state index contributed by atoms with van der Waals surface area (Å²) in [5.74, 6) is 0.355. The highest BCUT2D eigenvalue weighted by Gasteiger charge is 2.18. The molecule has 25 heavy (non-hydrogen) atoms. The largest absolute Gasteiger partial charge is 0.353 e. The lowest BCUT2D eigenvalue weighted by molar-refractivity contribution is -0.119. The second kappa shape index (κ2) is 7.18. The molecule has 3 aromatic heterocycles. The van der Waals surface area contributed by atoms with Crippen molar-refractivity contribution in [1.82, 2.24) is 30.1 Å². The molecule has 1 saturated carbocycles. The number of fused-ring (bicyclic) bond motifs is 1. The Bertz CT molecular complexity index is 875. The molecule has 1 fully saturated rings. The number of nitrogens with zero attached hydrogens (tertiary/aromatic N) is 5. The Morgan fingerprint density at radius 3 is 2.92 bits per heavy atom. The maximum atomic E-state index is 12.1. The van der Waals surface area contributed by atoms with Crippen molar-refractivity contribution < 1.29 is 4.79 Å². The molecular weight excluding hydrogens is 336 g/mol. The van der Waals surface area contributed by atoms with Gasteiger partial charge in [-0.3, -0.25) is 9.78 Å². The van der Waals surface area contributed by atoms with E-state index in [0.29, 0.717) is 22.6 Å². The molecule has 7 nitrogen and oxygen atoms in total. The third-order valence-corrected chi connectivity index (χ3v) is 5.16. The molecule has 128 valence electrons. The zero-order valence-corrected chi connectivity index (χ0v) is 14.4. The Labute approximate surface area is 149 Å². The smallest absolute Gasteiger partial charge is 0.230 e. The Kier molecular flexibility index (Phi) is 4.60. The van der Waals surface area contributed by atoms with Crippen LogP contribution in [0.1, 0.15) is 25.7 Å². The van der Waals surface area contributed by atoms with Crippen LogP contribution in [0.5, 0.6) is 0 Å². The number of rotatable bonds is 5. The van der Waals surface area contributed by atoms with Gasteiger partial charge in [-0.2, -0.15) is 9.61 Å². The Morgan fingerprint density at radius 1 is 1.24 bits per heavy atom. The molecule has 8 heteroatoms. The fourth-order valence-corrected chi connectivity index (χ4v) is 3.70. The van der Waals surface area contributed by atoms with Gasteiger partial charge in [-0.1, -0.05) is 24.6 Å². The van der Waals surface area contributed by atoms with Gasteiger partial charge in [0.2, 0.25) is 11.1 Å². The quantitative estimate of drug-likeness (QED) is 0.708. The van der Waals surface area contributed by atoms with E-state index in [1.54, 1.807) is 16.9 Å². The maximum absolute atomic E-state index is 12.1. The number of hydrogen-bond acceptors (Lipinski definition) is 6. The molecule has 0 spiro atoms. The Hall–Kier alpha value is -2.48.